The number of carbonyl (C=O) groups is 2. The summed E-state index contributed by atoms with van der Waals surface area (Å²) in [5.74, 6) is -1.48. The standard InChI is InChI=1S/C23H16N2O4/c26-21-19-20(22(27)24(21)17-11-13-18(14-12-17)25(28)29)23(19,15-7-3-1-4-8-15)16-9-5-2-6-10-16/h1-14,19-20H. The highest BCUT2D eigenvalue weighted by Crippen LogP contribution is 2.68. The number of nitro groups is 1. The van der Waals surface area contributed by atoms with E-state index in [2.05, 4.69) is 0 Å². The molecule has 2 amide bonds. The summed E-state index contributed by atoms with van der Waals surface area (Å²) in [4.78, 5) is 38.2. The number of rotatable bonds is 4. The van der Waals surface area contributed by atoms with E-state index in [1.807, 2.05) is 60.7 Å². The summed E-state index contributed by atoms with van der Waals surface area (Å²) in [6, 6.07) is 24.8. The second-order valence-electron chi connectivity index (χ2n) is 7.34. The van der Waals surface area contributed by atoms with E-state index in [4.69, 9.17) is 0 Å². The Bertz CT molecular complexity index is 1060. The van der Waals surface area contributed by atoms with Gasteiger partial charge in [0.05, 0.1) is 22.4 Å². The van der Waals surface area contributed by atoms with Gasteiger partial charge in [-0.3, -0.25) is 19.7 Å². The van der Waals surface area contributed by atoms with Crippen LogP contribution in [-0.4, -0.2) is 16.7 Å². The largest absolute Gasteiger partial charge is 0.274 e. The van der Waals surface area contributed by atoms with Gasteiger partial charge in [0.2, 0.25) is 11.8 Å². The van der Waals surface area contributed by atoms with Crippen LogP contribution >= 0.6 is 0 Å². The van der Waals surface area contributed by atoms with Crippen LogP contribution in [-0.2, 0) is 15.0 Å². The molecule has 2 aliphatic rings. The Morgan fingerprint density at radius 1 is 0.724 bits per heavy atom. The number of amides is 2. The fourth-order valence-electron chi connectivity index (χ4n) is 4.74. The molecular weight excluding hydrogens is 368 g/mol. The molecule has 0 bridgehead atoms. The van der Waals surface area contributed by atoms with Gasteiger partial charge in [0.15, 0.2) is 0 Å². The van der Waals surface area contributed by atoms with Crippen LogP contribution in [0.1, 0.15) is 11.1 Å². The third-order valence-corrected chi connectivity index (χ3v) is 6.00. The summed E-state index contributed by atoms with van der Waals surface area (Å²) in [7, 11) is 0. The van der Waals surface area contributed by atoms with Crippen molar-refractivity contribution in [2.45, 2.75) is 5.41 Å². The first-order valence-corrected chi connectivity index (χ1v) is 9.30. The van der Waals surface area contributed by atoms with E-state index in [0.717, 1.165) is 11.1 Å². The van der Waals surface area contributed by atoms with E-state index in [0.29, 0.717) is 5.69 Å². The lowest BCUT2D eigenvalue weighted by molar-refractivity contribution is -0.384. The molecular formula is C23H16N2O4. The van der Waals surface area contributed by atoms with E-state index in [1.165, 1.54) is 29.2 Å². The quantitative estimate of drug-likeness (QED) is 0.390. The molecule has 1 heterocycles. The molecule has 2 fully saturated rings. The molecule has 142 valence electrons. The van der Waals surface area contributed by atoms with Crippen molar-refractivity contribution < 1.29 is 14.5 Å². The molecule has 1 aliphatic carbocycles. The highest BCUT2D eigenvalue weighted by Gasteiger charge is 2.78. The summed E-state index contributed by atoms with van der Waals surface area (Å²) in [5, 5.41) is 10.9. The van der Waals surface area contributed by atoms with Crippen molar-refractivity contribution in [1.82, 2.24) is 0 Å². The smallest absolute Gasteiger partial charge is 0.269 e. The molecule has 2 atom stereocenters. The number of anilines is 1. The van der Waals surface area contributed by atoms with Crippen LogP contribution in [0.3, 0.4) is 0 Å². The maximum atomic E-state index is 13.3. The van der Waals surface area contributed by atoms with Crippen LogP contribution in [0.15, 0.2) is 84.9 Å². The molecule has 6 heteroatoms. The predicted octanol–water partition coefficient (Wildman–Crippen LogP) is 3.70. The second kappa shape index (κ2) is 6.10. The van der Waals surface area contributed by atoms with Gasteiger partial charge in [0, 0.05) is 17.5 Å². The summed E-state index contributed by atoms with van der Waals surface area (Å²) < 4.78 is 0. The molecule has 3 aromatic rings. The number of hydrogen-bond acceptors (Lipinski definition) is 4. The van der Waals surface area contributed by atoms with Crippen LogP contribution < -0.4 is 4.90 Å². The van der Waals surface area contributed by atoms with Crippen LogP contribution in [0.5, 0.6) is 0 Å². The Hall–Kier alpha value is -3.80. The van der Waals surface area contributed by atoms with E-state index in [1.54, 1.807) is 0 Å². The topological polar surface area (TPSA) is 80.5 Å². The molecule has 1 saturated carbocycles. The predicted molar refractivity (Wildman–Crippen MR) is 106 cm³/mol. The van der Waals surface area contributed by atoms with Crippen molar-refractivity contribution in [2.24, 2.45) is 11.8 Å². The molecule has 5 rings (SSSR count). The number of carbonyl (C=O) groups excluding carboxylic acids is 2. The first-order valence-electron chi connectivity index (χ1n) is 9.30. The van der Waals surface area contributed by atoms with E-state index in [9.17, 15) is 19.7 Å². The van der Waals surface area contributed by atoms with E-state index in [-0.39, 0.29) is 17.5 Å². The number of piperidine rings is 1. The summed E-state index contributed by atoms with van der Waals surface area (Å²) in [5.41, 5.74) is 1.53. The number of benzene rings is 3. The average molecular weight is 384 g/mol. The zero-order chi connectivity index (χ0) is 20.2. The minimum absolute atomic E-state index is 0.0825. The third-order valence-electron chi connectivity index (χ3n) is 6.00. The molecule has 1 saturated heterocycles. The van der Waals surface area contributed by atoms with Gasteiger partial charge in [0.1, 0.15) is 0 Å². The normalized spacial score (nSPS) is 21.7. The molecule has 0 aromatic heterocycles. The minimum atomic E-state index is -0.659. The van der Waals surface area contributed by atoms with Gasteiger partial charge in [-0.05, 0) is 23.3 Å². The number of nitrogens with zero attached hydrogens (tertiary/aromatic N) is 2. The molecule has 0 N–H and O–H groups in total. The van der Waals surface area contributed by atoms with Gasteiger partial charge in [-0.2, -0.15) is 0 Å². The van der Waals surface area contributed by atoms with Crippen LogP contribution in [0.25, 0.3) is 0 Å². The van der Waals surface area contributed by atoms with Crippen LogP contribution in [0.4, 0.5) is 11.4 Å². The zero-order valence-electron chi connectivity index (χ0n) is 15.3. The summed E-state index contributed by atoms with van der Waals surface area (Å²) in [6.45, 7) is 0. The fraction of sp³-hybridized carbons (Fsp3) is 0.130. The van der Waals surface area contributed by atoms with Crippen molar-refractivity contribution in [3.8, 4) is 0 Å². The number of fused-ring (bicyclic) bond motifs is 1. The Labute approximate surface area is 166 Å². The van der Waals surface area contributed by atoms with Crippen molar-refractivity contribution in [3.05, 3.63) is 106 Å². The number of non-ortho nitro benzene ring substituents is 1. The summed E-state index contributed by atoms with van der Waals surface area (Å²) >= 11 is 0. The van der Waals surface area contributed by atoms with E-state index >= 15 is 0 Å². The van der Waals surface area contributed by atoms with Crippen molar-refractivity contribution in [1.29, 1.82) is 0 Å². The van der Waals surface area contributed by atoms with Gasteiger partial charge in [-0.25, -0.2) is 4.90 Å². The monoisotopic (exact) mass is 384 g/mol. The summed E-state index contributed by atoms with van der Waals surface area (Å²) in [6.07, 6.45) is 0. The Balaban J connectivity index is 1.57. The maximum absolute atomic E-state index is 13.3. The lowest BCUT2D eigenvalue weighted by Gasteiger charge is -2.26. The number of imide groups is 1. The molecule has 29 heavy (non-hydrogen) atoms. The Kier molecular flexibility index (Phi) is 3.64. The minimum Gasteiger partial charge on any atom is -0.274 e. The maximum Gasteiger partial charge on any atom is 0.269 e. The number of hydrogen-bond donors (Lipinski definition) is 0. The first kappa shape index (κ1) is 17.3. The zero-order valence-corrected chi connectivity index (χ0v) is 15.3. The van der Waals surface area contributed by atoms with Gasteiger partial charge < -0.3 is 0 Å². The molecule has 6 nitrogen and oxygen atoms in total. The lowest BCUT2D eigenvalue weighted by Crippen LogP contribution is -2.39. The first-order chi connectivity index (χ1) is 14.1. The van der Waals surface area contributed by atoms with Crippen molar-refractivity contribution in [2.75, 3.05) is 4.90 Å². The molecule has 2 unspecified atom stereocenters. The van der Waals surface area contributed by atoms with Crippen molar-refractivity contribution in [3.63, 3.8) is 0 Å². The van der Waals surface area contributed by atoms with Gasteiger partial charge in [0.25, 0.3) is 5.69 Å². The average Bonchev–Trinajstić information content (AvgIpc) is 3.39. The molecule has 0 spiro atoms. The second-order valence-corrected chi connectivity index (χ2v) is 7.34. The Morgan fingerprint density at radius 3 is 1.59 bits per heavy atom. The molecule has 3 aromatic carbocycles. The Morgan fingerprint density at radius 2 is 1.17 bits per heavy atom. The third kappa shape index (κ3) is 2.29. The fourth-order valence-corrected chi connectivity index (χ4v) is 4.74. The van der Waals surface area contributed by atoms with Gasteiger partial charge in [-0.1, -0.05) is 60.7 Å². The SMILES string of the molecule is O=C1C2C(C(=O)N1c1ccc([N+](=O)[O-])cc1)C2(c1ccccc1)c1ccccc1. The highest BCUT2D eigenvalue weighted by molar-refractivity contribution is 6.27. The van der Waals surface area contributed by atoms with Crippen molar-refractivity contribution >= 4 is 23.2 Å². The van der Waals surface area contributed by atoms with Crippen LogP contribution in [0, 0.1) is 22.0 Å². The highest BCUT2D eigenvalue weighted by atomic mass is 16.6. The molecule has 1 aliphatic heterocycles. The van der Waals surface area contributed by atoms with Crippen LogP contribution in [0.2, 0.25) is 0 Å². The number of nitro benzene ring substituents is 1. The van der Waals surface area contributed by atoms with Gasteiger partial charge >= 0.3 is 0 Å². The molecule has 0 radical (unpaired) electrons. The lowest BCUT2D eigenvalue weighted by atomic mass is 9.83. The van der Waals surface area contributed by atoms with Gasteiger partial charge in [-0.15, -0.1) is 0 Å². The van der Waals surface area contributed by atoms with E-state index < -0.39 is 22.2 Å².